The number of fused-ring (bicyclic) bond motifs is 1. The lowest BCUT2D eigenvalue weighted by atomic mass is 10.1. The van der Waals surface area contributed by atoms with Gasteiger partial charge in [-0.25, -0.2) is 8.42 Å². The van der Waals surface area contributed by atoms with Gasteiger partial charge in [-0.2, -0.15) is 5.26 Å². The highest BCUT2D eigenvalue weighted by molar-refractivity contribution is 7.92. The van der Waals surface area contributed by atoms with Gasteiger partial charge in [0, 0.05) is 28.6 Å². The average Bonchev–Trinajstić information content (AvgIpc) is 2.80. The summed E-state index contributed by atoms with van der Waals surface area (Å²) in [4.78, 5) is 4.57. The first kappa shape index (κ1) is 20.4. The molecule has 0 unspecified atom stereocenters. The SMILES string of the molecule is CCc1cccc(S(=O)(=O)Nc2ccc(Nc3ccnc4ccc(C#N)cc34)cc2)c1. The monoisotopic (exact) mass is 428 g/mol. The maximum atomic E-state index is 12.7. The molecule has 0 radical (unpaired) electrons. The first-order chi connectivity index (χ1) is 15.0. The number of nitrogens with one attached hydrogen (secondary N) is 2. The van der Waals surface area contributed by atoms with Crippen molar-refractivity contribution < 1.29 is 8.42 Å². The first-order valence-electron chi connectivity index (χ1n) is 9.76. The van der Waals surface area contributed by atoms with E-state index < -0.39 is 10.0 Å². The summed E-state index contributed by atoms with van der Waals surface area (Å²) >= 11 is 0. The molecule has 3 aromatic carbocycles. The molecule has 7 heteroatoms. The molecule has 0 atom stereocenters. The Hall–Kier alpha value is -3.89. The van der Waals surface area contributed by atoms with Crippen LogP contribution >= 0.6 is 0 Å². The van der Waals surface area contributed by atoms with Gasteiger partial charge in [-0.15, -0.1) is 0 Å². The van der Waals surface area contributed by atoms with Crippen molar-refractivity contribution >= 4 is 38.0 Å². The standard InChI is InChI=1S/C24H20N4O2S/c1-2-17-4-3-5-21(14-17)31(29,30)28-20-9-7-19(8-10-20)27-24-12-13-26-23-11-6-18(16-25)15-22(23)24/h3-15,28H,2H2,1H3,(H,26,27). The Morgan fingerprint density at radius 1 is 0.968 bits per heavy atom. The molecule has 6 nitrogen and oxygen atoms in total. The van der Waals surface area contributed by atoms with Gasteiger partial charge in [0.2, 0.25) is 0 Å². The molecule has 1 heterocycles. The van der Waals surface area contributed by atoms with Gasteiger partial charge >= 0.3 is 0 Å². The normalized spacial score (nSPS) is 11.1. The lowest BCUT2D eigenvalue weighted by Gasteiger charge is -2.12. The fourth-order valence-corrected chi connectivity index (χ4v) is 4.38. The molecule has 0 aliphatic heterocycles. The van der Waals surface area contributed by atoms with Gasteiger partial charge in [-0.3, -0.25) is 9.71 Å². The molecule has 154 valence electrons. The second-order valence-electron chi connectivity index (χ2n) is 7.01. The summed E-state index contributed by atoms with van der Waals surface area (Å²) in [6.45, 7) is 1.98. The molecule has 4 aromatic rings. The Labute approximate surface area is 181 Å². The van der Waals surface area contributed by atoms with E-state index in [0.717, 1.165) is 34.3 Å². The van der Waals surface area contributed by atoms with Crippen molar-refractivity contribution in [2.24, 2.45) is 0 Å². The van der Waals surface area contributed by atoms with Gasteiger partial charge in [-0.05, 0) is 72.6 Å². The van der Waals surface area contributed by atoms with E-state index in [1.54, 1.807) is 60.8 Å². The van der Waals surface area contributed by atoms with Crippen LogP contribution in [0.3, 0.4) is 0 Å². The highest BCUT2D eigenvalue weighted by Gasteiger charge is 2.14. The van der Waals surface area contributed by atoms with Crippen molar-refractivity contribution in [3.8, 4) is 6.07 Å². The number of anilines is 3. The van der Waals surface area contributed by atoms with Crippen molar-refractivity contribution in [2.75, 3.05) is 10.0 Å². The number of nitrogens with zero attached hydrogens (tertiary/aromatic N) is 2. The van der Waals surface area contributed by atoms with Gasteiger partial charge in [0.05, 0.1) is 22.0 Å². The molecule has 0 saturated carbocycles. The van der Waals surface area contributed by atoms with E-state index in [1.165, 1.54) is 0 Å². The molecular formula is C24H20N4O2S. The molecule has 4 rings (SSSR count). The smallest absolute Gasteiger partial charge is 0.261 e. The Morgan fingerprint density at radius 3 is 2.48 bits per heavy atom. The van der Waals surface area contributed by atoms with Crippen molar-refractivity contribution in [3.05, 3.63) is 90.1 Å². The van der Waals surface area contributed by atoms with Crippen molar-refractivity contribution in [1.29, 1.82) is 5.26 Å². The van der Waals surface area contributed by atoms with Crippen molar-refractivity contribution in [1.82, 2.24) is 4.98 Å². The molecular weight excluding hydrogens is 408 g/mol. The van der Waals surface area contributed by atoms with Crippen LogP contribution in [0, 0.1) is 11.3 Å². The van der Waals surface area contributed by atoms with E-state index >= 15 is 0 Å². The van der Waals surface area contributed by atoms with Crippen LogP contribution in [0.2, 0.25) is 0 Å². The number of pyridine rings is 1. The summed E-state index contributed by atoms with van der Waals surface area (Å²) in [7, 11) is -3.66. The van der Waals surface area contributed by atoms with Crippen LogP contribution in [-0.2, 0) is 16.4 Å². The molecule has 0 saturated heterocycles. The molecule has 2 N–H and O–H groups in total. The number of benzene rings is 3. The fraction of sp³-hybridized carbons (Fsp3) is 0.0833. The molecule has 0 aliphatic rings. The second-order valence-corrected chi connectivity index (χ2v) is 8.69. The van der Waals surface area contributed by atoms with Gasteiger partial charge in [0.1, 0.15) is 0 Å². The van der Waals surface area contributed by atoms with Crippen LogP contribution in [0.5, 0.6) is 0 Å². The Kier molecular flexibility index (Phi) is 5.56. The van der Waals surface area contributed by atoms with Crippen molar-refractivity contribution in [2.45, 2.75) is 18.2 Å². The van der Waals surface area contributed by atoms with Crippen LogP contribution in [0.15, 0.2) is 83.9 Å². The average molecular weight is 429 g/mol. The molecule has 0 bridgehead atoms. The van der Waals surface area contributed by atoms with Gasteiger partial charge in [-0.1, -0.05) is 19.1 Å². The maximum Gasteiger partial charge on any atom is 0.261 e. The number of sulfonamides is 1. The van der Waals surface area contributed by atoms with E-state index in [2.05, 4.69) is 21.1 Å². The van der Waals surface area contributed by atoms with E-state index in [0.29, 0.717) is 11.3 Å². The number of rotatable bonds is 6. The van der Waals surface area contributed by atoms with E-state index in [9.17, 15) is 8.42 Å². The summed E-state index contributed by atoms with van der Waals surface area (Å²) in [6, 6.07) is 23.2. The molecule has 0 aliphatic carbocycles. The highest BCUT2D eigenvalue weighted by atomic mass is 32.2. The third kappa shape index (κ3) is 4.49. The minimum Gasteiger partial charge on any atom is -0.355 e. The molecule has 0 spiro atoms. The Morgan fingerprint density at radius 2 is 1.74 bits per heavy atom. The Balaban J connectivity index is 1.55. The topological polar surface area (TPSA) is 94.9 Å². The zero-order chi connectivity index (χ0) is 21.8. The number of aromatic nitrogens is 1. The quantitative estimate of drug-likeness (QED) is 0.439. The van der Waals surface area contributed by atoms with Crippen LogP contribution in [0.25, 0.3) is 10.9 Å². The number of nitriles is 1. The van der Waals surface area contributed by atoms with Gasteiger partial charge in [0.25, 0.3) is 10.0 Å². The van der Waals surface area contributed by atoms with E-state index in [1.807, 2.05) is 25.1 Å². The van der Waals surface area contributed by atoms with Gasteiger partial charge in [0.15, 0.2) is 0 Å². The third-order valence-electron chi connectivity index (χ3n) is 4.90. The van der Waals surface area contributed by atoms with Crippen LogP contribution < -0.4 is 10.0 Å². The minimum atomic E-state index is -3.66. The lowest BCUT2D eigenvalue weighted by Crippen LogP contribution is -2.13. The molecule has 31 heavy (non-hydrogen) atoms. The number of aryl methyl sites for hydroxylation is 1. The van der Waals surface area contributed by atoms with Crippen molar-refractivity contribution in [3.63, 3.8) is 0 Å². The van der Waals surface area contributed by atoms with E-state index in [-0.39, 0.29) is 4.90 Å². The first-order valence-corrected chi connectivity index (χ1v) is 11.2. The highest BCUT2D eigenvalue weighted by Crippen LogP contribution is 2.27. The fourth-order valence-electron chi connectivity index (χ4n) is 3.25. The Bertz CT molecular complexity index is 1390. The third-order valence-corrected chi connectivity index (χ3v) is 6.28. The van der Waals surface area contributed by atoms with Gasteiger partial charge < -0.3 is 5.32 Å². The molecule has 0 fully saturated rings. The second kappa shape index (κ2) is 8.46. The van der Waals surface area contributed by atoms with Crippen LogP contribution in [0.4, 0.5) is 17.1 Å². The summed E-state index contributed by atoms with van der Waals surface area (Å²) in [6.07, 6.45) is 2.47. The number of hydrogen-bond acceptors (Lipinski definition) is 5. The minimum absolute atomic E-state index is 0.241. The lowest BCUT2D eigenvalue weighted by molar-refractivity contribution is 0.601. The van der Waals surface area contributed by atoms with Crippen LogP contribution in [-0.4, -0.2) is 13.4 Å². The largest absolute Gasteiger partial charge is 0.355 e. The molecule has 1 aromatic heterocycles. The maximum absolute atomic E-state index is 12.7. The summed E-state index contributed by atoms with van der Waals surface area (Å²) < 4.78 is 28.0. The zero-order valence-electron chi connectivity index (χ0n) is 16.8. The zero-order valence-corrected chi connectivity index (χ0v) is 17.6. The molecule has 0 amide bonds. The number of hydrogen-bond donors (Lipinski definition) is 2. The van der Waals surface area contributed by atoms with Crippen LogP contribution in [0.1, 0.15) is 18.1 Å². The predicted octanol–water partition coefficient (Wildman–Crippen LogP) is 5.21. The van der Waals surface area contributed by atoms with E-state index in [4.69, 9.17) is 5.26 Å². The predicted molar refractivity (Wildman–Crippen MR) is 123 cm³/mol. The summed E-state index contributed by atoms with van der Waals surface area (Å²) in [5.74, 6) is 0. The summed E-state index contributed by atoms with van der Waals surface area (Å²) in [5.41, 5.74) is 4.37. The summed E-state index contributed by atoms with van der Waals surface area (Å²) in [5, 5.41) is 13.3.